The highest BCUT2D eigenvalue weighted by atomic mass is 16.5. The Morgan fingerprint density at radius 2 is 1.12 bits per heavy atom. The lowest BCUT2D eigenvalue weighted by molar-refractivity contribution is -0.133. The van der Waals surface area contributed by atoms with E-state index in [1.54, 1.807) is 14.2 Å². The van der Waals surface area contributed by atoms with Crippen molar-refractivity contribution in [1.82, 2.24) is 29.7 Å². The Bertz CT molecular complexity index is 2320. The highest BCUT2D eigenvalue weighted by Gasteiger charge is 2.33. The van der Waals surface area contributed by atoms with Gasteiger partial charge in [-0.1, -0.05) is 36.4 Å². The number of aryl methyl sites for hydroxylation is 2. The summed E-state index contributed by atoms with van der Waals surface area (Å²) in [5.41, 5.74) is 5.86. The lowest BCUT2D eigenvalue weighted by Gasteiger charge is -2.23. The molecule has 0 spiro atoms. The van der Waals surface area contributed by atoms with Crippen molar-refractivity contribution in [2.75, 3.05) is 27.3 Å². The van der Waals surface area contributed by atoms with Crippen molar-refractivity contribution in [2.45, 2.75) is 63.5 Å². The van der Waals surface area contributed by atoms with Crippen molar-refractivity contribution in [3.05, 3.63) is 132 Å². The summed E-state index contributed by atoms with van der Waals surface area (Å²) in [5, 5.41) is 0. The second-order valence-corrected chi connectivity index (χ2v) is 14.7. The van der Waals surface area contributed by atoms with Crippen LogP contribution in [0.1, 0.15) is 73.4 Å². The van der Waals surface area contributed by atoms with Crippen LogP contribution in [0.25, 0.3) is 22.5 Å². The number of imidazole rings is 2. The van der Waals surface area contributed by atoms with E-state index in [1.807, 2.05) is 119 Å². The number of likely N-dealkylation sites (tertiary alicyclic amines) is 2. The minimum Gasteiger partial charge on any atom is -0.497 e. The molecule has 11 nitrogen and oxygen atoms in total. The average molecular weight is 765 g/mol. The minimum atomic E-state index is -0.0737. The Hall–Kier alpha value is -6.36. The number of hydrogen-bond donors (Lipinski definition) is 2. The number of aromatic amines is 2. The third kappa shape index (κ3) is 8.72. The maximum Gasteiger partial charge on any atom is 0.223 e. The largest absolute Gasteiger partial charge is 0.497 e. The molecule has 0 bridgehead atoms. The fourth-order valence-electron chi connectivity index (χ4n) is 8.02. The van der Waals surface area contributed by atoms with Gasteiger partial charge in [0.1, 0.15) is 34.6 Å². The van der Waals surface area contributed by atoms with Crippen molar-refractivity contribution in [3.63, 3.8) is 0 Å². The third-order valence-electron chi connectivity index (χ3n) is 11.0. The second-order valence-electron chi connectivity index (χ2n) is 14.7. The van der Waals surface area contributed by atoms with Crippen LogP contribution in [0, 0.1) is 0 Å². The molecule has 2 aliphatic heterocycles. The molecule has 2 aliphatic rings. The Balaban J connectivity index is 0.868. The van der Waals surface area contributed by atoms with Crippen LogP contribution < -0.4 is 14.2 Å². The SMILES string of the molecule is COc1cccc(CCC(=O)N2CCCC2c2ncc(-c3ccc(Oc4cccc(-c5cnc(C6CCCN6C(=O)CCc6cccc(OC)c6)[nH]5)c4)cc3)[nH]2)c1. The summed E-state index contributed by atoms with van der Waals surface area (Å²) in [6.07, 6.45) is 9.55. The third-order valence-corrected chi connectivity index (χ3v) is 11.0. The van der Waals surface area contributed by atoms with E-state index < -0.39 is 0 Å². The minimum absolute atomic E-state index is 0.0626. The smallest absolute Gasteiger partial charge is 0.223 e. The summed E-state index contributed by atoms with van der Waals surface area (Å²) in [6.45, 7) is 1.47. The lowest BCUT2D eigenvalue weighted by atomic mass is 10.1. The highest BCUT2D eigenvalue weighted by Crippen LogP contribution is 2.35. The summed E-state index contributed by atoms with van der Waals surface area (Å²) in [4.78, 5) is 47.0. The number of carbonyl (C=O) groups is 2. The maximum atomic E-state index is 13.3. The van der Waals surface area contributed by atoms with Crippen LogP contribution >= 0.6 is 0 Å². The normalized spacial score (nSPS) is 16.5. The number of methoxy groups -OCH3 is 2. The molecule has 2 amide bonds. The van der Waals surface area contributed by atoms with Crippen molar-refractivity contribution in [3.8, 4) is 45.5 Å². The predicted molar refractivity (Wildman–Crippen MR) is 218 cm³/mol. The summed E-state index contributed by atoms with van der Waals surface area (Å²) in [5.74, 6) is 4.90. The average Bonchev–Trinajstić information content (AvgIpc) is 4.10. The van der Waals surface area contributed by atoms with Crippen LogP contribution in [-0.4, -0.2) is 68.9 Å². The maximum absolute atomic E-state index is 13.3. The Kier molecular flexibility index (Phi) is 11.3. The van der Waals surface area contributed by atoms with Gasteiger partial charge >= 0.3 is 0 Å². The number of nitrogens with one attached hydrogen (secondary N) is 2. The van der Waals surface area contributed by atoms with Gasteiger partial charge in [-0.05, 0) is 116 Å². The second kappa shape index (κ2) is 17.2. The number of aromatic nitrogens is 4. The number of nitrogens with zero attached hydrogens (tertiary/aromatic N) is 4. The number of ether oxygens (including phenoxy) is 3. The van der Waals surface area contributed by atoms with Crippen LogP contribution in [0.4, 0.5) is 0 Å². The van der Waals surface area contributed by atoms with Gasteiger partial charge < -0.3 is 34.0 Å². The van der Waals surface area contributed by atoms with Crippen molar-refractivity contribution in [2.24, 2.45) is 0 Å². The van der Waals surface area contributed by atoms with Crippen molar-refractivity contribution < 1.29 is 23.8 Å². The lowest BCUT2D eigenvalue weighted by Crippen LogP contribution is -2.31. The van der Waals surface area contributed by atoms with Crippen LogP contribution in [0.2, 0.25) is 0 Å². The topological polar surface area (TPSA) is 126 Å². The molecule has 8 rings (SSSR count). The zero-order chi connectivity index (χ0) is 39.1. The van der Waals surface area contributed by atoms with E-state index in [0.717, 1.165) is 95.6 Å². The van der Waals surface area contributed by atoms with E-state index in [2.05, 4.69) is 9.97 Å². The molecule has 2 fully saturated rings. The quantitative estimate of drug-likeness (QED) is 0.114. The Morgan fingerprint density at radius 3 is 1.67 bits per heavy atom. The molecule has 6 aromatic rings. The molecule has 2 unspecified atom stereocenters. The molecular formula is C46H48N6O5. The van der Waals surface area contributed by atoms with Crippen LogP contribution in [-0.2, 0) is 22.4 Å². The first-order valence-corrected chi connectivity index (χ1v) is 19.8. The zero-order valence-corrected chi connectivity index (χ0v) is 32.4. The molecular weight excluding hydrogens is 717 g/mol. The Morgan fingerprint density at radius 1 is 0.614 bits per heavy atom. The predicted octanol–water partition coefficient (Wildman–Crippen LogP) is 8.87. The molecule has 2 saturated heterocycles. The van der Waals surface area contributed by atoms with Gasteiger partial charge in [0.05, 0.1) is 50.1 Å². The number of hydrogen-bond acceptors (Lipinski definition) is 7. The fraction of sp³-hybridized carbons (Fsp3) is 0.304. The molecule has 0 radical (unpaired) electrons. The molecule has 0 aliphatic carbocycles. The van der Waals surface area contributed by atoms with Gasteiger partial charge in [0.25, 0.3) is 0 Å². The summed E-state index contributed by atoms with van der Waals surface area (Å²) in [6, 6.07) is 31.5. The van der Waals surface area contributed by atoms with Crippen LogP contribution in [0.3, 0.4) is 0 Å². The molecule has 2 aromatic heterocycles. The number of amides is 2. The number of H-pyrrole nitrogens is 2. The van der Waals surface area contributed by atoms with E-state index in [9.17, 15) is 9.59 Å². The molecule has 11 heteroatoms. The molecule has 2 N–H and O–H groups in total. The first-order valence-electron chi connectivity index (χ1n) is 19.8. The van der Waals surface area contributed by atoms with Gasteiger partial charge in [-0.3, -0.25) is 9.59 Å². The first-order chi connectivity index (χ1) is 27.9. The number of carbonyl (C=O) groups excluding carboxylic acids is 2. The molecule has 4 heterocycles. The van der Waals surface area contributed by atoms with E-state index in [0.29, 0.717) is 37.2 Å². The molecule has 0 saturated carbocycles. The zero-order valence-electron chi connectivity index (χ0n) is 32.4. The number of rotatable bonds is 14. The fourth-order valence-corrected chi connectivity index (χ4v) is 8.02. The van der Waals surface area contributed by atoms with E-state index in [1.165, 1.54) is 0 Å². The van der Waals surface area contributed by atoms with Gasteiger partial charge in [-0.2, -0.15) is 0 Å². The van der Waals surface area contributed by atoms with Crippen LogP contribution in [0.5, 0.6) is 23.0 Å². The monoisotopic (exact) mass is 764 g/mol. The molecule has 57 heavy (non-hydrogen) atoms. The highest BCUT2D eigenvalue weighted by molar-refractivity contribution is 5.78. The van der Waals surface area contributed by atoms with Crippen molar-refractivity contribution >= 4 is 11.8 Å². The first kappa shape index (κ1) is 37.6. The summed E-state index contributed by atoms with van der Waals surface area (Å²) < 4.78 is 17.0. The molecule has 2 atom stereocenters. The van der Waals surface area contributed by atoms with E-state index >= 15 is 0 Å². The van der Waals surface area contributed by atoms with E-state index in [4.69, 9.17) is 24.2 Å². The molecule has 4 aromatic carbocycles. The number of benzene rings is 4. The van der Waals surface area contributed by atoms with Gasteiger partial charge in [0.2, 0.25) is 11.8 Å². The summed E-state index contributed by atoms with van der Waals surface area (Å²) in [7, 11) is 3.31. The van der Waals surface area contributed by atoms with Gasteiger partial charge in [0.15, 0.2) is 0 Å². The van der Waals surface area contributed by atoms with Crippen LogP contribution in [0.15, 0.2) is 109 Å². The van der Waals surface area contributed by atoms with Crippen molar-refractivity contribution in [1.29, 1.82) is 0 Å². The summed E-state index contributed by atoms with van der Waals surface area (Å²) >= 11 is 0. The Labute approximate surface area is 333 Å². The van der Waals surface area contributed by atoms with Gasteiger partial charge in [-0.25, -0.2) is 9.97 Å². The van der Waals surface area contributed by atoms with Gasteiger partial charge in [0, 0.05) is 31.5 Å². The standard InChI is InChI=1S/C46H48N6O5/c1-55-36-11-3-8-31(26-36)16-22-43(53)51-24-6-14-41(51)45-47-29-39(49-45)33-18-20-35(21-19-33)57-38-13-5-10-34(28-38)40-30-48-46(50-40)42-15-7-25-52(42)44(54)23-17-32-9-4-12-37(27-32)56-2/h3-5,8-13,18-21,26-30,41-42H,6-7,14-17,22-25H2,1-2H3,(H,47,49)(H,48,50). The van der Waals surface area contributed by atoms with E-state index in [-0.39, 0.29) is 23.9 Å². The molecule has 292 valence electrons. The van der Waals surface area contributed by atoms with Gasteiger partial charge in [-0.15, -0.1) is 0 Å².